The number of anilines is 2. The largest absolute Gasteiger partial charge is 0.480 e. The predicted octanol–water partition coefficient (Wildman–Crippen LogP) is 2.11. The Balaban J connectivity index is 2.10. The number of nitrogens with zero attached hydrogens (tertiary/aromatic N) is 3. The third-order valence-electron chi connectivity index (χ3n) is 3.85. The number of hydrogen-bond donors (Lipinski definition) is 2. The number of nitrogens with one attached hydrogen (secondary N) is 1. The number of carboxylic acids is 1. The summed E-state index contributed by atoms with van der Waals surface area (Å²) in [5.74, 6) is 0.455. The quantitative estimate of drug-likeness (QED) is 0.899. The number of piperidine rings is 1. The molecule has 0 bridgehead atoms. The second kappa shape index (κ2) is 5.55. The van der Waals surface area contributed by atoms with E-state index >= 15 is 0 Å². The number of aliphatic carboxylic acids is 1. The molecular formula is C15H18N4O2. The predicted molar refractivity (Wildman–Crippen MR) is 81.7 cm³/mol. The summed E-state index contributed by atoms with van der Waals surface area (Å²) in [7, 11) is 1.78. The molecule has 3 rings (SSSR count). The highest BCUT2D eigenvalue weighted by Crippen LogP contribution is 2.30. The lowest BCUT2D eigenvalue weighted by molar-refractivity contribution is -0.139. The maximum atomic E-state index is 11.5. The van der Waals surface area contributed by atoms with E-state index in [4.69, 9.17) is 0 Å². The van der Waals surface area contributed by atoms with Gasteiger partial charge in [-0.25, -0.2) is 14.8 Å². The molecule has 110 valence electrons. The number of carbonyl (C=O) groups is 1. The van der Waals surface area contributed by atoms with Crippen LogP contribution in [0.25, 0.3) is 11.0 Å². The molecule has 6 heteroatoms. The molecule has 21 heavy (non-hydrogen) atoms. The number of para-hydroxylation sites is 2. The zero-order valence-corrected chi connectivity index (χ0v) is 11.9. The molecule has 0 spiro atoms. The maximum Gasteiger partial charge on any atom is 0.326 e. The van der Waals surface area contributed by atoms with Gasteiger partial charge in [0.2, 0.25) is 0 Å². The number of benzene rings is 1. The Labute approximate surface area is 122 Å². The molecule has 1 aliphatic heterocycles. The van der Waals surface area contributed by atoms with Gasteiger partial charge in [-0.2, -0.15) is 0 Å². The van der Waals surface area contributed by atoms with Crippen molar-refractivity contribution in [3.05, 3.63) is 24.3 Å². The van der Waals surface area contributed by atoms with Crippen molar-refractivity contribution < 1.29 is 9.90 Å². The summed E-state index contributed by atoms with van der Waals surface area (Å²) in [6, 6.07) is 7.09. The van der Waals surface area contributed by atoms with E-state index in [0.717, 1.165) is 23.9 Å². The number of rotatable bonds is 3. The molecule has 0 radical (unpaired) electrons. The zero-order chi connectivity index (χ0) is 14.8. The fourth-order valence-electron chi connectivity index (χ4n) is 2.80. The molecule has 0 saturated carbocycles. The van der Waals surface area contributed by atoms with Gasteiger partial charge in [0, 0.05) is 13.6 Å². The first-order valence-corrected chi connectivity index (χ1v) is 7.14. The summed E-state index contributed by atoms with van der Waals surface area (Å²) in [4.78, 5) is 22.5. The normalized spacial score (nSPS) is 18.7. The van der Waals surface area contributed by atoms with E-state index in [9.17, 15) is 9.90 Å². The Kier molecular flexibility index (Phi) is 3.60. The van der Waals surface area contributed by atoms with E-state index in [1.54, 1.807) is 7.05 Å². The standard InChI is InChI=1S/C15H18N4O2/c1-16-13-14(18-11-7-3-2-6-10(11)17-13)19-9-5-4-8-12(19)15(20)21/h2-3,6-7,12H,4-5,8-9H2,1H3,(H,16,17)(H,20,21). The second-order valence-electron chi connectivity index (χ2n) is 5.18. The number of hydrogen-bond acceptors (Lipinski definition) is 5. The highest BCUT2D eigenvalue weighted by atomic mass is 16.4. The molecule has 1 fully saturated rings. The van der Waals surface area contributed by atoms with Crippen molar-refractivity contribution in [2.24, 2.45) is 0 Å². The third-order valence-corrected chi connectivity index (χ3v) is 3.85. The number of fused-ring (bicyclic) bond motifs is 1. The van der Waals surface area contributed by atoms with Gasteiger partial charge in [-0.05, 0) is 31.4 Å². The summed E-state index contributed by atoms with van der Waals surface area (Å²) in [6.45, 7) is 0.693. The minimum Gasteiger partial charge on any atom is -0.480 e. The fraction of sp³-hybridized carbons (Fsp3) is 0.400. The van der Waals surface area contributed by atoms with E-state index in [0.29, 0.717) is 24.6 Å². The van der Waals surface area contributed by atoms with Crippen LogP contribution in [0, 0.1) is 0 Å². The van der Waals surface area contributed by atoms with Crippen molar-refractivity contribution >= 4 is 28.6 Å². The van der Waals surface area contributed by atoms with Crippen LogP contribution in [0.15, 0.2) is 24.3 Å². The summed E-state index contributed by atoms with van der Waals surface area (Å²) >= 11 is 0. The van der Waals surface area contributed by atoms with Crippen molar-refractivity contribution in [3.63, 3.8) is 0 Å². The van der Waals surface area contributed by atoms with Crippen molar-refractivity contribution in [2.45, 2.75) is 25.3 Å². The first-order valence-electron chi connectivity index (χ1n) is 7.14. The van der Waals surface area contributed by atoms with Crippen molar-refractivity contribution in [1.29, 1.82) is 0 Å². The second-order valence-corrected chi connectivity index (χ2v) is 5.18. The number of carboxylic acid groups (broad SMARTS) is 1. The van der Waals surface area contributed by atoms with Gasteiger partial charge in [-0.3, -0.25) is 0 Å². The van der Waals surface area contributed by atoms with Crippen LogP contribution in [0.2, 0.25) is 0 Å². The van der Waals surface area contributed by atoms with Crippen LogP contribution in [0.1, 0.15) is 19.3 Å². The van der Waals surface area contributed by atoms with Crippen LogP contribution < -0.4 is 10.2 Å². The molecule has 0 amide bonds. The van der Waals surface area contributed by atoms with Gasteiger partial charge >= 0.3 is 5.97 Å². The minimum atomic E-state index is -0.799. The van der Waals surface area contributed by atoms with Gasteiger partial charge in [0.25, 0.3) is 0 Å². The van der Waals surface area contributed by atoms with E-state index in [1.165, 1.54) is 0 Å². The summed E-state index contributed by atoms with van der Waals surface area (Å²) in [5, 5.41) is 12.5. The highest BCUT2D eigenvalue weighted by Gasteiger charge is 2.31. The first-order chi connectivity index (χ1) is 10.2. The summed E-state index contributed by atoms with van der Waals surface area (Å²) < 4.78 is 0. The van der Waals surface area contributed by atoms with Gasteiger partial charge in [0.15, 0.2) is 11.6 Å². The zero-order valence-electron chi connectivity index (χ0n) is 11.9. The van der Waals surface area contributed by atoms with Crippen LogP contribution in [0.5, 0.6) is 0 Å². The number of aromatic nitrogens is 2. The molecule has 1 saturated heterocycles. The highest BCUT2D eigenvalue weighted by molar-refractivity contribution is 5.84. The fourth-order valence-corrected chi connectivity index (χ4v) is 2.80. The van der Waals surface area contributed by atoms with E-state index in [1.807, 2.05) is 29.2 Å². The van der Waals surface area contributed by atoms with Crippen LogP contribution in [-0.4, -0.2) is 40.7 Å². The van der Waals surface area contributed by atoms with Gasteiger partial charge < -0.3 is 15.3 Å². The van der Waals surface area contributed by atoms with Gasteiger partial charge in [-0.15, -0.1) is 0 Å². The van der Waals surface area contributed by atoms with E-state index in [-0.39, 0.29) is 0 Å². The van der Waals surface area contributed by atoms with Crippen LogP contribution in [0.3, 0.4) is 0 Å². The van der Waals surface area contributed by atoms with Crippen molar-refractivity contribution in [1.82, 2.24) is 9.97 Å². The molecular weight excluding hydrogens is 268 g/mol. The Morgan fingerprint density at radius 1 is 1.29 bits per heavy atom. The first kappa shape index (κ1) is 13.6. The van der Waals surface area contributed by atoms with Gasteiger partial charge in [0.05, 0.1) is 11.0 Å². The lowest BCUT2D eigenvalue weighted by atomic mass is 10.0. The molecule has 1 atom stereocenters. The monoisotopic (exact) mass is 286 g/mol. The Morgan fingerprint density at radius 3 is 2.67 bits per heavy atom. The molecule has 1 unspecified atom stereocenters. The SMILES string of the molecule is CNc1nc2ccccc2nc1N1CCCCC1C(=O)O. The van der Waals surface area contributed by atoms with E-state index in [2.05, 4.69) is 15.3 Å². The maximum absolute atomic E-state index is 11.5. The molecule has 1 aromatic heterocycles. The molecule has 2 aromatic rings. The molecule has 1 aromatic carbocycles. The van der Waals surface area contributed by atoms with Crippen LogP contribution in [0.4, 0.5) is 11.6 Å². The molecule has 2 N–H and O–H groups in total. The Morgan fingerprint density at radius 2 is 2.00 bits per heavy atom. The minimum absolute atomic E-state index is 0.527. The average molecular weight is 286 g/mol. The third kappa shape index (κ3) is 2.49. The molecule has 1 aliphatic rings. The Bertz CT molecular complexity index is 674. The molecule has 6 nitrogen and oxygen atoms in total. The average Bonchev–Trinajstić information content (AvgIpc) is 2.53. The lowest BCUT2D eigenvalue weighted by Gasteiger charge is -2.34. The lowest BCUT2D eigenvalue weighted by Crippen LogP contribution is -2.45. The van der Waals surface area contributed by atoms with Crippen molar-refractivity contribution in [2.75, 3.05) is 23.8 Å². The van der Waals surface area contributed by atoms with Gasteiger partial charge in [-0.1, -0.05) is 12.1 Å². The Hall–Kier alpha value is -2.37. The van der Waals surface area contributed by atoms with Gasteiger partial charge in [0.1, 0.15) is 6.04 Å². The molecule has 0 aliphatic carbocycles. The smallest absolute Gasteiger partial charge is 0.326 e. The van der Waals surface area contributed by atoms with E-state index < -0.39 is 12.0 Å². The topological polar surface area (TPSA) is 78.4 Å². The van der Waals surface area contributed by atoms with Crippen LogP contribution in [-0.2, 0) is 4.79 Å². The van der Waals surface area contributed by atoms with Crippen molar-refractivity contribution in [3.8, 4) is 0 Å². The summed E-state index contributed by atoms with van der Waals surface area (Å²) in [6.07, 6.45) is 2.55. The molecule has 2 heterocycles. The van der Waals surface area contributed by atoms with Crippen LogP contribution >= 0.6 is 0 Å². The summed E-state index contributed by atoms with van der Waals surface area (Å²) in [5.41, 5.74) is 1.58.